The highest BCUT2D eigenvalue weighted by Crippen LogP contribution is 2.31. The van der Waals surface area contributed by atoms with Crippen LogP contribution in [0.1, 0.15) is 59.3 Å². The van der Waals surface area contributed by atoms with Crippen LogP contribution >= 0.6 is 0 Å². The summed E-state index contributed by atoms with van der Waals surface area (Å²) in [6.07, 6.45) is 5.29. The van der Waals surface area contributed by atoms with Crippen LogP contribution < -0.4 is 5.32 Å². The summed E-state index contributed by atoms with van der Waals surface area (Å²) < 4.78 is 1.95. The van der Waals surface area contributed by atoms with Crippen molar-refractivity contribution in [3.05, 3.63) is 40.2 Å². The first-order valence-corrected chi connectivity index (χ1v) is 9.90. The van der Waals surface area contributed by atoms with E-state index in [0.29, 0.717) is 13.0 Å². The summed E-state index contributed by atoms with van der Waals surface area (Å²) in [6, 6.07) is 0.0138. The minimum Gasteiger partial charge on any atom is -0.332 e. The third-order valence-corrected chi connectivity index (χ3v) is 5.98. The summed E-state index contributed by atoms with van der Waals surface area (Å²) in [5.74, 6) is 0.981. The molecule has 0 bridgehead atoms. The van der Waals surface area contributed by atoms with E-state index in [0.717, 1.165) is 61.8 Å². The molecule has 1 N–H and O–H groups in total. The molecule has 7 nitrogen and oxygen atoms in total. The number of carbonyl (C=O) groups excluding carboxylic acids is 1. The molecule has 0 unspecified atom stereocenters. The summed E-state index contributed by atoms with van der Waals surface area (Å²) in [4.78, 5) is 24.3. The van der Waals surface area contributed by atoms with Gasteiger partial charge in [-0.15, -0.1) is 0 Å². The van der Waals surface area contributed by atoms with Gasteiger partial charge in [0.1, 0.15) is 0 Å². The maximum Gasteiger partial charge on any atom is 0.225 e. The first-order chi connectivity index (χ1) is 13.0. The summed E-state index contributed by atoms with van der Waals surface area (Å²) in [7, 11) is 0. The average molecular weight is 368 g/mol. The molecule has 0 aliphatic carbocycles. The van der Waals surface area contributed by atoms with Gasteiger partial charge < -0.3 is 10.2 Å². The Kier molecular flexibility index (Phi) is 4.95. The molecular formula is C20H28N6O. The highest BCUT2D eigenvalue weighted by Gasteiger charge is 2.32. The molecule has 2 aromatic rings. The molecule has 0 radical (unpaired) electrons. The number of carbonyl (C=O) groups is 1. The molecule has 7 heteroatoms. The van der Waals surface area contributed by atoms with Crippen LogP contribution in [0.2, 0.25) is 0 Å². The SMILES string of the molecule is Cc1nn(CCC(=O)N2CCC[C@@H]2c2ncc3c(n2)CCNC3)c(C)c1C. The smallest absolute Gasteiger partial charge is 0.225 e. The maximum absolute atomic E-state index is 12.9. The number of hydrogen-bond acceptors (Lipinski definition) is 5. The van der Waals surface area contributed by atoms with Crippen LogP contribution in [-0.2, 0) is 24.3 Å². The van der Waals surface area contributed by atoms with E-state index in [2.05, 4.69) is 29.2 Å². The van der Waals surface area contributed by atoms with E-state index in [-0.39, 0.29) is 11.9 Å². The van der Waals surface area contributed by atoms with Gasteiger partial charge in [-0.1, -0.05) is 0 Å². The van der Waals surface area contributed by atoms with E-state index in [4.69, 9.17) is 4.98 Å². The number of likely N-dealkylation sites (tertiary alicyclic amines) is 1. The van der Waals surface area contributed by atoms with Crippen molar-refractivity contribution in [1.29, 1.82) is 0 Å². The summed E-state index contributed by atoms with van der Waals surface area (Å²) in [5.41, 5.74) is 5.70. The second-order valence-electron chi connectivity index (χ2n) is 7.64. The predicted octanol–water partition coefficient (Wildman–Crippen LogP) is 2.00. The lowest BCUT2D eigenvalue weighted by atomic mass is 10.1. The number of rotatable bonds is 4. The fourth-order valence-corrected chi connectivity index (χ4v) is 4.10. The Hall–Kier alpha value is -2.28. The average Bonchev–Trinajstić information content (AvgIpc) is 3.27. The molecule has 27 heavy (non-hydrogen) atoms. The Morgan fingerprint density at radius 1 is 1.33 bits per heavy atom. The van der Waals surface area contributed by atoms with E-state index in [1.54, 1.807) is 0 Å². The van der Waals surface area contributed by atoms with Crippen LogP contribution in [0.25, 0.3) is 0 Å². The normalized spacial score (nSPS) is 19.4. The Morgan fingerprint density at radius 2 is 2.19 bits per heavy atom. The van der Waals surface area contributed by atoms with Gasteiger partial charge in [0, 0.05) is 62.2 Å². The summed E-state index contributed by atoms with van der Waals surface area (Å²) >= 11 is 0. The minimum atomic E-state index is 0.0138. The Bertz CT molecular complexity index is 858. The van der Waals surface area contributed by atoms with Gasteiger partial charge in [0.25, 0.3) is 0 Å². The fraction of sp³-hybridized carbons (Fsp3) is 0.600. The molecular weight excluding hydrogens is 340 g/mol. The number of nitrogens with one attached hydrogen (secondary N) is 1. The zero-order chi connectivity index (χ0) is 19.0. The van der Waals surface area contributed by atoms with Crippen LogP contribution in [0.5, 0.6) is 0 Å². The molecule has 0 aromatic carbocycles. The van der Waals surface area contributed by atoms with Gasteiger partial charge in [-0.25, -0.2) is 9.97 Å². The second-order valence-corrected chi connectivity index (χ2v) is 7.64. The number of amides is 1. The molecule has 0 spiro atoms. The fourth-order valence-electron chi connectivity index (χ4n) is 4.10. The molecule has 1 amide bonds. The van der Waals surface area contributed by atoms with Gasteiger partial charge in [0.2, 0.25) is 5.91 Å². The Morgan fingerprint density at radius 3 is 2.96 bits per heavy atom. The highest BCUT2D eigenvalue weighted by atomic mass is 16.2. The van der Waals surface area contributed by atoms with Crippen molar-refractivity contribution in [2.24, 2.45) is 0 Å². The van der Waals surface area contributed by atoms with Crippen LogP contribution in [0.3, 0.4) is 0 Å². The molecule has 4 rings (SSSR count). The predicted molar refractivity (Wildman–Crippen MR) is 102 cm³/mol. The summed E-state index contributed by atoms with van der Waals surface area (Å²) in [5, 5.41) is 7.90. The van der Waals surface area contributed by atoms with Crippen LogP contribution in [-0.4, -0.2) is 43.6 Å². The molecule has 4 heterocycles. The van der Waals surface area contributed by atoms with Crippen molar-refractivity contribution in [1.82, 2.24) is 30.0 Å². The van der Waals surface area contributed by atoms with Crippen molar-refractivity contribution in [2.45, 2.75) is 65.6 Å². The van der Waals surface area contributed by atoms with Crippen molar-refractivity contribution in [3.63, 3.8) is 0 Å². The van der Waals surface area contributed by atoms with Crippen LogP contribution in [0.4, 0.5) is 0 Å². The van der Waals surface area contributed by atoms with Gasteiger partial charge in [-0.2, -0.15) is 5.10 Å². The summed E-state index contributed by atoms with van der Waals surface area (Å²) in [6.45, 7) is 9.37. The van der Waals surface area contributed by atoms with E-state index in [9.17, 15) is 4.79 Å². The van der Waals surface area contributed by atoms with E-state index >= 15 is 0 Å². The van der Waals surface area contributed by atoms with Crippen molar-refractivity contribution in [2.75, 3.05) is 13.1 Å². The number of aryl methyl sites for hydroxylation is 2. The van der Waals surface area contributed by atoms with Crippen LogP contribution in [0.15, 0.2) is 6.20 Å². The molecule has 1 fully saturated rings. The largest absolute Gasteiger partial charge is 0.332 e. The molecule has 2 aromatic heterocycles. The third-order valence-electron chi connectivity index (χ3n) is 5.98. The van der Waals surface area contributed by atoms with Gasteiger partial charge in [0.05, 0.1) is 11.7 Å². The topological polar surface area (TPSA) is 75.9 Å². The standard InChI is InChI=1S/C20H28N6O/c1-13-14(2)24-26(15(13)3)10-7-19(27)25-9-4-5-18(25)20-22-12-16-11-21-8-6-17(16)23-20/h12,18,21H,4-11H2,1-3H3/t18-/m1/s1. The monoisotopic (exact) mass is 368 g/mol. The van der Waals surface area contributed by atoms with Gasteiger partial charge in [-0.05, 0) is 39.2 Å². The van der Waals surface area contributed by atoms with Gasteiger partial charge in [0.15, 0.2) is 5.82 Å². The van der Waals surface area contributed by atoms with Crippen molar-refractivity contribution in [3.8, 4) is 0 Å². The van der Waals surface area contributed by atoms with Crippen molar-refractivity contribution < 1.29 is 4.79 Å². The molecule has 2 aliphatic heterocycles. The molecule has 1 atom stereocenters. The number of fused-ring (bicyclic) bond motifs is 1. The molecule has 144 valence electrons. The Labute approximate surface area is 160 Å². The lowest BCUT2D eigenvalue weighted by molar-refractivity contribution is -0.132. The van der Waals surface area contributed by atoms with E-state index < -0.39 is 0 Å². The lowest BCUT2D eigenvalue weighted by Gasteiger charge is -2.25. The van der Waals surface area contributed by atoms with Crippen LogP contribution in [0, 0.1) is 20.8 Å². The molecule has 2 aliphatic rings. The maximum atomic E-state index is 12.9. The number of nitrogens with zero attached hydrogens (tertiary/aromatic N) is 5. The van der Waals surface area contributed by atoms with E-state index in [1.165, 1.54) is 11.1 Å². The number of aromatic nitrogens is 4. The molecule has 1 saturated heterocycles. The first-order valence-electron chi connectivity index (χ1n) is 9.90. The van der Waals surface area contributed by atoms with E-state index in [1.807, 2.05) is 22.7 Å². The number of hydrogen-bond donors (Lipinski definition) is 1. The highest BCUT2D eigenvalue weighted by molar-refractivity contribution is 5.76. The van der Waals surface area contributed by atoms with Crippen molar-refractivity contribution >= 4 is 5.91 Å². The Balaban J connectivity index is 1.46. The second kappa shape index (κ2) is 7.38. The lowest BCUT2D eigenvalue weighted by Crippen LogP contribution is -2.33. The zero-order valence-corrected chi connectivity index (χ0v) is 16.5. The molecule has 0 saturated carbocycles. The van der Waals surface area contributed by atoms with Gasteiger partial charge in [-0.3, -0.25) is 9.48 Å². The van der Waals surface area contributed by atoms with Gasteiger partial charge >= 0.3 is 0 Å². The quantitative estimate of drug-likeness (QED) is 0.893. The zero-order valence-electron chi connectivity index (χ0n) is 16.5. The third kappa shape index (κ3) is 3.48. The first kappa shape index (κ1) is 18.1. The minimum absolute atomic E-state index is 0.0138.